The van der Waals surface area contributed by atoms with Crippen LogP contribution in [0.1, 0.15) is 15.9 Å². The Hall–Kier alpha value is -3.87. The van der Waals surface area contributed by atoms with Gasteiger partial charge in [-0.2, -0.15) is 18.3 Å². The Labute approximate surface area is 170 Å². The average Bonchev–Trinajstić information content (AvgIpc) is 3.18. The Morgan fingerprint density at radius 3 is 2.10 bits per heavy atom. The van der Waals surface area contributed by atoms with Gasteiger partial charge in [-0.25, -0.2) is 4.68 Å². The van der Waals surface area contributed by atoms with Crippen molar-refractivity contribution in [1.82, 2.24) is 9.78 Å². The van der Waals surface area contributed by atoms with Crippen LogP contribution in [0.15, 0.2) is 91.0 Å². The van der Waals surface area contributed by atoms with Crippen LogP contribution in [0.2, 0.25) is 0 Å². The van der Waals surface area contributed by atoms with Crippen LogP contribution in [0.4, 0.5) is 19.0 Å². The Morgan fingerprint density at radius 2 is 1.43 bits per heavy atom. The van der Waals surface area contributed by atoms with Gasteiger partial charge in [-0.05, 0) is 24.3 Å². The van der Waals surface area contributed by atoms with Gasteiger partial charge in [0.15, 0.2) is 0 Å². The number of anilines is 1. The van der Waals surface area contributed by atoms with E-state index in [1.165, 1.54) is 16.8 Å². The van der Waals surface area contributed by atoms with Crippen LogP contribution >= 0.6 is 0 Å². The van der Waals surface area contributed by atoms with Gasteiger partial charge in [0, 0.05) is 11.6 Å². The van der Waals surface area contributed by atoms with Crippen molar-refractivity contribution < 1.29 is 18.0 Å². The molecule has 4 nitrogen and oxygen atoms in total. The lowest BCUT2D eigenvalue weighted by molar-refractivity contribution is -0.137. The van der Waals surface area contributed by atoms with E-state index in [0.717, 1.165) is 17.7 Å². The molecule has 7 heteroatoms. The summed E-state index contributed by atoms with van der Waals surface area (Å²) in [7, 11) is 0. The normalized spacial score (nSPS) is 11.3. The molecule has 0 aliphatic carbocycles. The van der Waals surface area contributed by atoms with Crippen molar-refractivity contribution in [3.8, 4) is 16.9 Å². The fourth-order valence-corrected chi connectivity index (χ4v) is 3.10. The third-order valence-electron chi connectivity index (χ3n) is 4.50. The molecule has 1 aromatic heterocycles. The van der Waals surface area contributed by atoms with E-state index in [1.54, 1.807) is 18.2 Å². The summed E-state index contributed by atoms with van der Waals surface area (Å²) < 4.78 is 41.5. The third kappa shape index (κ3) is 3.96. The molecule has 0 aliphatic heterocycles. The van der Waals surface area contributed by atoms with E-state index in [0.29, 0.717) is 11.4 Å². The summed E-state index contributed by atoms with van der Waals surface area (Å²) in [6, 6.07) is 24.7. The summed E-state index contributed by atoms with van der Waals surface area (Å²) in [5.41, 5.74) is 0.625. The maximum Gasteiger partial charge on any atom is 0.417 e. The monoisotopic (exact) mass is 407 g/mol. The first-order valence-electron chi connectivity index (χ1n) is 9.12. The van der Waals surface area contributed by atoms with Gasteiger partial charge in [0.25, 0.3) is 5.91 Å². The minimum atomic E-state index is -4.64. The van der Waals surface area contributed by atoms with Crippen molar-refractivity contribution in [2.24, 2.45) is 0 Å². The highest BCUT2D eigenvalue weighted by Crippen LogP contribution is 2.32. The Bertz CT molecular complexity index is 1170. The number of benzene rings is 3. The van der Waals surface area contributed by atoms with Crippen LogP contribution in [0.5, 0.6) is 0 Å². The summed E-state index contributed by atoms with van der Waals surface area (Å²) in [5.74, 6) is -0.596. The lowest BCUT2D eigenvalue weighted by atomic mass is 10.1. The molecule has 0 fully saturated rings. The molecule has 0 unspecified atom stereocenters. The number of nitrogens with zero attached hydrogens (tertiary/aromatic N) is 2. The molecule has 0 spiro atoms. The van der Waals surface area contributed by atoms with Crippen LogP contribution in [-0.4, -0.2) is 15.7 Å². The fraction of sp³-hybridized carbons (Fsp3) is 0.0435. The molecule has 4 aromatic rings. The number of rotatable bonds is 4. The van der Waals surface area contributed by atoms with Crippen LogP contribution in [0, 0.1) is 0 Å². The van der Waals surface area contributed by atoms with E-state index in [2.05, 4.69) is 10.4 Å². The number of amides is 1. The summed E-state index contributed by atoms with van der Waals surface area (Å²) in [4.78, 5) is 12.8. The van der Waals surface area contributed by atoms with Gasteiger partial charge in [0.05, 0.1) is 22.5 Å². The fourth-order valence-electron chi connectivity index (χ4n) is 3.10. The van der Waals surface area contributed by atoms with E-state index < -0.39 is 23.2 Å². The van der Waals surface area contributed by atoms with Crippen molar-refractivity contribution in [3.63, 3.8) is 0 Å². The predicted molar refractivity (Wildman–Crippen MR) is 108 cm³/mol. The molecule has 0 aliphatic rings. The van der Waals surface area contributed by atoms with Gasteiger partial charge in [0.2, 0.25) is 0 Å². The summed E-state index contributed by atoms with van der Waals surface area (Å²) >= 11 is 0. The van der Waals surface area contributed by atoms with Gasteiger partial charge < -0.3 is 5.32 Å². The number of hydrogen-bond acceptors (Lipinski definition) is 2. The number of hydrogen-bond donors (Lipinski definition) is 1. The summed E-state index contributed by atoms with van der Waals surface area (Å²) in [6.45, 7) is 0. The van der Waals surface area contributed by atoms with E-state index >= 15 is 0 Å². The number of aromatic nitrogens is 2. The van der Waals surface area contributed by atoms with Gasteiger partial charge in [0.1, 0.15) is 5.82 Å². The quantitative estimate of drug-likeness (QED) is 0.464. The minimum Gasteiger partial charge on any atom is -0.306 e. The lowest BCUT2D eigenvalue weighted by Gasteiger charge is -2.13. The highest BCUT2D eigenvalue weighted by Gasteiger charge is 2.35. The molecule has 0 saturated heterocycles. The topological polar surface area (TPSA) is 46.9 Å². The van der Waals surface area contributed by atoms with Crippen molar-refractivity contribution in [2.75, 3.05) is 5.32 Å². The molecule has 0 atom stereocenters. The van der Waals surface area contributed by atoms with Crippen LogP contribution in [-0.2, 0) is 6.18 Å². The first-order chi connectivity index (χ1) is 14.4. The van der Waals surface area contributed by atoms with Gasteiger partial charge in [-0.1, -0.05) is 60.7 Å². The van der Waals surface area contributed by atoms with Crippen molar-refractivity contribution in [1.29, 1.82) is 0 Å². The van der Waals surface area contributed by atoms with Gasteiger partial charge in [-0.3, -0.25) is 4.79 Å². The zero-order valence-corrected chi connectivity index (χ0v) is 15.6. The van der Waals surface area contributed by atoms with Crippen LogP contribution in [0.25, 0.3) is 16.9 Å². The second kappa shape index (κ2) is 7.87. The minimum absolute atomic E-state index is 0.266. The zero-order chi connectivity index (χ0) is 21.1. The smallest absolute Gasteiger partial charge is 0.306 e. The third-order valence-corrected chi connectivity index (χ3v) is 4.50. The molecule has 1 heterocycles. The molecule has 0 bridgehead atoms. The molecule has 3 aromatic carbocycles. The molecular weight excluding hydrogens is 391 g/mol. The van der Waals surface area contributed by atoms with E-state index in [4.69, 9.17) is 0 Å². The number of carbonyl (C=O) groups is 1. The second-order valence-corrected chi connectivity index (χ2v) is 6.53. The Balaban J connectivity index is 1.76. The van der Waals surface area contributed by atoms with E-state index in [-0.39, 0.29) is 5.82 Å². The number of halogens is 3. The Kier molecular flexibility index (Phi) is 5.10. The number of para-hydroxylation sites is 1. The van der Waals surface area contributed by atoms with Gasteiger partial charge in [-0.15, -0.1) is 0 Å². The maximum atomic E-state index is 13.3. The van der Waals surface area contributed by atoms with Crippen molar-refractivity contribution in [3.05, 3.63) is 102 Å². The van der Waals surface area contributed by atoms with Crippen LogP contribution in [0.3, 0.4) is 0 Å². The number of nitrogens with one attached hydrogen (secondary N) is 1. The number of alkyl halides is 3. The molecule has 0 saturated carbocycles. The number of carbonyl (C=O) groups excluding carboxylic acids is 1. The molecular formula is C23H16F3N3O. The predicted octanol–water partition coefficient (Wildman–Crippen LogP) is 5.81. The summed E-state index contributed by atoms with van der Waals surface area (Å²) in [5, 5.41) is 7.14. The Morgan fingerprint density at radius 1 is 0.833 bits per heavy atom. The summed E-state index contributed by atoms with van der Waals surface area (Å²) in [6.07, 6.45) is -4.64. The van der Waals surface area contributed by atoms with Crippen LogP contribution < -0.4 is 5.32 Å². The highest BCUT2D eigenvalue weighted by molar-refractivity contribution is 6.05. The second-order valence-electron chi connectivity index (χ2n) is 6.53. The molecule has 1 N–H and O–H groups in total. The molecule has 1 amide bonds. The molecule has 4 rings (SSSR count). The van der Waals surface area contributed by atoms with E-state index in [1.807, 2.05) is 48.5 Å². The first-order valence-corrected chi connectivity index (χ1v) is 9.12. The van der Waals surface area contributed by atoms with Crippen molar-refractivity contribution >= 4 is 11.7 Å². The highest BCUT2D eigenvalue weighted by atomic mass is 19.4. The lowest BCUT2D eigenvalue weighted by Crippen LogP contribution is -2.20. The first kappa shape index (κ1) is 19.4. The largest absolute Gasteiger partial charge is 0.417 e. The average molecular weight is 407 g/mol. The van der Waals surface area contributed by atoms with E-state index in [9.17, 15) is 18.0 Å². The molecule has 0 radical (unpaired) electrons. The standard InChI is InChI=1S/C23H16F3N3O/c24-23(25,26)19-14-8-7-13-18(19)22(30)27-21-15-20(16-9-3-1-4-10-16)28-29(21)17-11-5-2-6-12-17/h1-15H,(H,27,30). The zero-order valence-electron chi connectivity index (χ0n) is 15.6. The van der Waals surface area contributed by atoms with Crippen molar-refractivity contribution in [2.45, 2.75) is 6.18 Å². The molecule has 150 valence electrons. The maximum absolute atomic E-state index is 13.3. The van der Waals surface area contributed by atoms with Gasteiger partial charge >= 0.3 is 6.18 Å². The molecule has 30 heavy (non-hydrogen) atoms. The SMILES string of the molecule is O=C(Nc1cc(-c2ccccc2)nn1-c1ccccc1)c1ccccc1C(F)(F)F.